The molecule has 28 heavy (non-hydrogen) atoms. The zero-order valence-electron chi connectivity index (χ0n) is 14.7. The predicted molar refractivity (Wildman–Crippen MR) is 100 cm³/mol. The molecule has 3 rings (SSSR count). The van der Waals surface area contributed by atoms with Crippen LogP contribution in [0.5, 0.6) is 0 Å². The highest BCUT2D eigenvalue weighted by Gasteiger charge is 2.32. The van der Waals surface area contributed by atoms with Gasteiger partial charge in [-0.05, 0) is 48.4 Å². The highest BCUT2D eigenvalue weighted by Crippen LogP contribution is 2.35. The standard InChI is InChI=1S/C18H16ClF3N2O3S/c1-2-17(25)24-8-7-11-9-13(4-6-16(11)24)28(26,27)23-15-10-12(18(20,21)22)3-5-14(15)19/h3-6,9-10,23H,2,7-8H2,1H3. The third-order valence-corrected chi connectivity index (χ3v) is 6.09. The fourth-order valence-corrected chi connectivity index (χ4v) is 4.32. The van der Waals surface area contributed by atoms with Crippen LogP contribution in [0.2, 0.25) is 5.02 Å². The highest BCUT2D eigenvalue weighted by molar-refractivity contribution is 7.92. The molecule has 1 aliphatic heterocycles. The summed E-state index contributed by atoms with van der Waals surface area (Å²) in [5.74, 6) is -0.0665. The van der Waals surface area contributed by atoms with Crippen molar-refractivity contribution in [3.8, 4) is 0 Å². The Balaban J connectivity index is 1.92. The summed E-state index contributed by atoms with van der Waals surface area (Å²) < 4.78 is 66.1. The SMILES string of the molecule is CCC(=O)N1CCc2cc(S(=O)(=O)Nc3cc(C(F)(F)F)ccc3Cl)ccc21. The Morgan fingerprint density at radius 3 is 2.57 bits per heavy atom. The van der Waals surface area contributed by atoms with E-state index in [-0.39, 0.29) is 21.5 Å². The average molecular weight is 433 g/mol. The molecule has 0 radical (unpaired) electrons. The van der Waals surface area contributed by atoms with E-state index in [0.29, 0.717) is 36.7 Å². The Morgan fingerprint density at radius 1 is 1.21 bits per heavy atom. The number of hydrogen-bond acceptors (Lipinski definition) is 3. The first-order valence-electron chi connectivity index (χ1n) is 8.36. The number of sulfonamides is 1. The first kappa shape index (κ1) is 20.5. The number of carbonyl (C=O) groups excluding carboxylic acids is 1. The van der Waals surface area contributed by atoms with Crippen molar-refractivity contribution in [1.82, 2.24) is 0 Å². The highest BCUT2D eigenvalue weighted by atomic mass is 35.5. The molecule has 5 nitrogen and oxygen atoms in total. The van der Waals surface area contributed by atoms with Crippen molar-refractivity contribution in [2.24, 2.45) is 0 Å². The van der Waals surface area contributed by atoms with Crippen molar-refractivity contribution in [2.45, 2.75) is 30.8 Å². The van der Waals surface area contributed by atoms with Gasteiger partial charge in [0.2, 0.25) is 5.91 Å². The first-order valence-corrected chi connectivity index (χ1v) is 10.2. The summed E-state index contributed by atoms with van der Waals surface area (Å²) in [6, 6.07) is 6.66. The smallest absolute Gasteiger partial charge is 0.312 e. The van der Waals surface area contributed by atoms with Crippen LogP contribution < -0.4 is 9.62 Å². The summed E-state index contributed by atoms with van der Waals surface area (Å²) in [7, 11) is -4.17. The minimum Gasteiger partial charge on any atom is -0.312 e. The summed E-state index contributed by atoms with van der Waals surface area (Å²) in [5, 5.41) is -0.155. The van der Waals surface area contributed by atoms with E-state index in [1.807, 2.05) is 0 Å². The number of halogens is 4. The lowest BCUT2D eigenvalue weighted by Gasteiger charge is -2.17. The van der Waals surface area contributed by atoms with Crippen molar-refractivity contribution in [3.05, 3.63) is 52.5 Å². The minimum atomic E-state index is -4.63. The van der Waals surface area contributed by atoms with Gasteiger partial charge in [-0.3, -0.25) is 9.52 Å². The van der Waals surface area contributed by atoms with Crippen molar-refractivity contribution in [2.75, 3.05) is 16.2 Å². The van der Waals surface area contributed by atoms with Gasteiger partial charge in [0.15, 0.2) is 0 Å². The van der Waals surface area contributed by atoms with E-state index in [1.165, 1.54) is 18.2 Å². The van der Waals surface area contributed by atoms with Crippen molar-refractivity contribution >= 4 is 38.9 Å². The van der Waals surface area contributed by atoms with Crippen LogP contribution >= 0.6 is 11.6 Å². The Kier molecular flexibility index (Phi) is 5.33. The third kappa shape index (κ3) is 3.95. The molecular formula is C18H16ClF3N2O3S. The summed E-state index contributed by atoms with van der Waals surface area (Å²) in [6.45, 7) is 2.19. The third-order valence-electron chi connectivity index (χ3n) is 4.40. The van der Waals surface area contributed by atoms with Gasteiger partial charge in [0, 0.05) is 18.7 Å². The molecule has 1 heterocycles. The molecule has 1 N–H and O–H groups in total. The number of rotatable bonds is 4. The quantitative estimate of drug-likeness (QED) is 0.775. The summed E-state index contributed by atoms with van der Waals surface area (Å²) in [6.07, 6.45) is -3.81. The number of alkyl halides is 3. The molecule has 0 fully saturated rings. The van der Waals surface area contributed by atoms with Crippen molar-refractivity contribution < 1.29 is 26.4 Å². The van der Waals surface area contributed by atoms with E-state index in [1.54, 1.807) is 11.8 Å². The summed E-state index contributed by atoms with van der Waals surface area (Å²) in [5.41, 5.74) is -0.0558. The van der Waals surface area contributed by atoms with Crippen molar-refractivity contribution in [1.29, 1.82) is 0 Å². The van der Waals surface area contributed by atoms with E-state index < -0.39 is 21.8 Å². The molecule has 0 saturated heterocycles. The molecule has 2 aromatic carbocycles. The average Bonchev–Trinajstić information content (AvgIpc) is 3.05. The van der Waals surface area contributed by atoms with Gasteiger partial charge in [0.1, 0.15) is 0 Å². The van der Waals surface area contributed by atoms with Gasteiger partial charge in [-0.1, -0.05) is 18.5 Å². The molecule has 0 aliphatic carbocycles. The Labute approximate surface area is 165 Å². The summed E-state index contributed by atoms with van der Waals surface area (Å²) >= 11 is 5.87. The normalized spacial score (nSPS) is 14.1. The summed E-state index contributed by atoms with van der Waals surface area (Å²) in [4.78, 5) is 13.4. The van der Waals surface area contributed by atoms with Crippen LogP contribution in [0.25, 0.3) is 0 Å². The fourth-order valence-electron chi connectivity index (χ4n) is 2.98. The molecule has 0 bridgehead atoms. The lowest BCUT2D eigenvalue weighted by Crippen LogP contribution is -2.27. The van der Waals surface area contributed by atoms with Crippen LogP contribution in [0.3, 0.4) is 0 Å². The van der Waals surface area contributed by atoms with Gasteiger partial charge in [-0.2, -0.15) is 13.2 Å². The molecule has 1 amide bonds. The van der Waals surface area contributed by atoms with Crippen molar-refractivity contribution in [3.63, 3.8) is 0 Å². The van der Waals surface area contributed by atoms with Gasteiger partial charge < -0.3 is 4.90 Å². The molecule has 1 aliphatic rings. The van der Waals surface area contributed by atoms with Crippen LogP contribution in [0, 0.1) is 0 Å². The zero-order chi connectivity index (χ0) is 20.7. The Bertz CT molecular complexity index is 1040. The monoisotopic (exact) mass is 432 g/mol. The van der Waals surface area contributed by atoms with Crippen LogP contribution in [0.15, 0.2) is 41.3 Å². The number of anilines is 2. The largest absolute Gasteiger partial charge is 0.416 e. The van der Waals surface area contributed by atoms with Gasteiger partial charge >= 0.3 is 6.18 Å². The number of hydrogen-bond donors (Lipinski definition) is 1. The second-order valence-electron chi connectivity index (χ2n) is 6.24. The van der Waals surface area contributed by atoms with Gasteiger partial charge in [0.05, 0.1) is 21.2 Å². The number of nitrogens with zero attached hydrogens (tertiary/aromatic N) is 1. The molecular weight excluding hydrogens is 417 g/mol. The zero-order valence-corrected chi connectivity index (χ0v) is 16.2. The number of amides is 1. The minimum absolute atomic E-state index is 0.0665. The molecule has 2 aromatic rings. The molecule has 10 heteroatoms. The van der Waals surface area contributed by atoms with E-state index in [9.17, 15) is 26.4 Å². The van der Waals surface area contributed by atoms with E-state index in [0.717, 1.165) is 12.1 Å². The Hall–Kier alpha value is -2.26. The van der Waals surface area contributed by atoms with Gasteiger partial charge in [-0.15, -0.1) is 0 Å². The van der Waals surface area contributed by atoms with Crippen LogP contribution in [0.4, 0.5) is 24.5 Å². The van der Waals surface area contributed by atoms with Crippen LogP contribution in [-0.2, 0) is 27.4 Å². The molecule has 0 saturated carbocycles. The maximum absolute atomic E-state index is 12.9. The van der Waals surface area contributed by atoms with E-state index in [2.05, 4.69) is 4.72 Å². The number of nitrogens with one attached hydrogen (secondary N) is 1. The predicted octanol–water partition coefficient (Wildman–Crippen LogP) is 4.46. The van der Waals surface area contributed by atoms with Gasteiger partial charge in [0.25, 0.3) is 10.0 Å². The molecule has 0 aromatic heterocycles. The van der Waals surface area contributed by atoms with Crippen LogP contribution in [-0.4, -0.2) is 20.9 Å². The first-order chi connectivity index (χ1) is 13.0. The fraction of sp³-hybridized carbons (Fsp3) is 0.278. The second-order valence-corrected chi connectivity index (χ2v) is 8.33. The van der Waals surface area contributed by atoms with E-state index in [4.69, 9.17) is 11.6 Å². The van der Waals surface area contributed by atoms with Crippen LogP contribution in [0.1, 0.15) is 24.5 Å². The topological polar surface area (TPSA) is 66.5 Å². The molecule has 0 unspecified atom stereocenters. The Morgan fingerprint density at radius 2 is 1.93 bits per heavy atom. The second kappa shape index (κ2) is 7.29. The maximum atomic E-state index is 12.9. The lowest BCUT2D eigenvalue weighted by atomic mass is 10.2. The number of carbonyl (C=O) groups is 1. The molecule has 150 valence electrons. The number of fused-ring (bicyclic) bond motifs is 1. The molecule has 0 spiro atoms. The van der Waals surface area contributed by atoms with Gasteiger partial charge in [-0.25, -0.2) is 8.42 Å². The lowest BCUT2D eigenvalue weighted by molar-refractivity contribution is -0.137. The number of benzene rings is 2. The van der Waals surface area contributed by atoms with E-state index >= 15 is 0 Å². The molecule has 0 atom stereocenters. The maximum Gasteiger partial charge on any atom is 0.416 e.